The van der Waals surface area contributed by atoms with Crippen molar-refractivity contribution in [2.24, 2.45) is 0 Å². The number of rotatable bonds is 3. The fourth-order valence-electron chi connectivity index (χ4n) is 1.42. The molecule has 2 nitrogen and oxygen atoms in total. The smallest absolute Gasteiger partial charge is 0.198 e. The van der Waals surface area contributed by atoms with Gasteiger partial charge in [0.1, 0.15) is 5.75 Å². The van der Waals surface area contributed by atoms with Crippen LogP contribution in [0.1, 0.15) is 5.56 Å². The van der Waals surface area contributed by atoms with Gasteiger partial charge in [0, 0.05) is 4.47 Å². The van der Waals surface area contributed by atoms with E-state index in [-0.39, 0.29) is 5.56 Å². The third kappa shape index (κ3) is 2.86. The number of aliphatic hydroxyl groups excluding tert-OH is 1. The normalized spacial score (nSPS) is 10.4. The van der Waals surface area contributed by atoms with Crippen LogP contribution >= 0.6 is 15.9 Å². The maximum Gasteiger partial charge on any atom is 0.198 e. The number of hydrogen-bond acceptors (Lipinski definition) is 2. The highest BCUT2D eigenvalue weighted by atomic mass is 79.9. The van der Waals surface area contributed by atoms with E-state index in [4.69, 9.17) is 9.84 Å². The Morgan fingerprint density at radius 1 is 1.06 bits per heavy atom. The lowest BCUT2D eigenvalue weighted by Gasteiger charge is -2.09. The third-order valence-corrected chi connectivity index (χ3v) is 2.80. The van der Waals surface area contributed by atoms with Gasteiger partial charge in [-0.05, 0) is 42.0 Å². The standard InChI is InChI=1S/C13H9BrF2O2/c14-9-1-3-10(4-2-9)18-13-11(15)5-8(7-17)6-12(13)16/h1-6,17H,7H2. The average molecular weight is 315 g/mol. The largest absolute Gasteiger partial charge is 0.451 e. The predicted octanol–water partition coefficient (Wildman–Crippen LogP) is 4.01. The van der Waals surface area contributed by atoms with Gasteiger partial charge < -0.3 is 9.84 Å². The zero-order valence-corrected chi connectivity index (χ0v) is 10.7. The lowest BCUT2D eigenvalue weighted by Crippen LogP contribution is -1.95. The number of hydrogen-bond donors (Lipinski definition) is 1. The van der Waals surface area contributed by atoms with Crippen LogP contribution in [0.15, 0.2) is 40.9 Å². The molecule has 0 aliphatic heterocycles. The first kappa shape index (κ1) is 13.0. The Kier molecular flexibility index (Phi) is 3.93. The van der Waals surface area contributed by atoms with Crippen LogP contribution in [0.4, 0.5) is 8.78 Å². The van der Waals surface area contributed by atoms with Crippen molar-refractivity contribution in [3.8, 4) is 11.5 Å². The van der Waals surface area contributed by atoms with Gasteiger partial charge in [0.25, 0.3) is 0 Å². The van der Waals surface area contributed by atoms with Gasteiger partial charge in [-0.25, -0.2) is 8.78 Å². The third-order valence-electron chi connectivity index (χ3n) is 2.27. The molecule has 1 N–H and O–H groups in total. The van der Waals surface area contributed by atoms with Crippen molar-refractivity contribution in [2.75, 3.05) is 0 Å². The average Bonchev–Trinajstić information content (AvgIpc) is 2.35. The molecular formula is C13H9BrF2O2. The van der Waals surface area contributed by atoms with Crippen molar-refractivity contribution in [1.29, 1.82) is 0 Å². The van der Waals surface area contributed by atoms with Crippen LogP contribution in [-0.4, -0.2) is 5.11 Å². The second kappa shape index (κ2) is 5.46. The topological polar surface area (TPSA) is 29.5 Å². The molecule has 0 radical (unpaired) electrons. The van der Waals surface area contributed by atoms with Gasteiger partial charge in [-0.3, -0.25) is 0 Å². The molecule has 0 aliphatic carbocycles. The van der Waals surface area contributed by atoms with E-state index >= 15 is 0 Å². The summed E-state index contributed by atoms with van der Waals surface area (Å²) in [6.07, 6.45) is 0. The monoisotopic (exact) mass is 314 g/mol. The minimum Gasteiger partial charge on any atom is -0.451 e. The molecule has 0 spiro atoms. The maximum absolute atomic E-state index is 13.6. The van der Waals surface area contributed by atoms with Crippen molar-refractivity contribution < 1.29 is 18.6 Å². The number of halogens is 3. The Labute approximate surface area is 111 Å². The van der Waals surface area contributed by atoms with E-state index in [1.54, 1.807) is 24.3 Å². The Hall–Kier alpha value is -1.46. The lowest BCUT2D eigenvalue weighted by atomic mass is 10.2. The quantitative estimate of drug-likeness (QED) is 0.927. The van der Waals surface area contributed by atoms with Crippen molar-refractivity contribution in [2.45, 2.75) is 6.61 Å². The second-order valence-corrected chi connectivity index (χ2v) is 4.52. The van der Waals surface area contributed by atoms with E-state index < -0.39 is 24.0 Å². The second-order valence-electron chi connectivity index (χ2n) is 3.60. The minimum atomic E-state index is -0.845. The minimum absolute atomic E-state index is 0.160. The summed E-state index contributed by atoms with van der Waals surface area (Å²) in [7, 11) is 0. The van der Waals surface area contributed by atoms with Gasteiger partial charge >= 0.3 is 0 Å². The van der Waals surface area contributed by atoms with Gasteiger partial charge in [0.05, 0.1) is 6.61 Å². The summed E-state index contributed by atoms with van der Waals surface area (Å²) < 4.78 is 33.1. The molecular weight excluding hydrogens is 306 g/mol. The molecule has 0 aromatic heterocycles. The molecule has 0 saturated heterocycles. The molecule has 18 heavy (non-hydrogen) atoms. The van der Waals surface area contributed by atoms with Crippen LogP contribution in [0, 0.1) is 11.6 Å². The van der Waals surface area contributed by atoms with Crippen LogP contribution in [0.3, 0.4) is 0 Å². The molecule has 2 rings (SSSR count). The van der Waals surface area contributed by atoms with Crippen molar-refractivity contribution in [3.05, 3.63) is 58.1 Å². The molecule has 0 bridgehead atoms. The van der Waals surface area contributed by atoms with Gasteiger partial charge in [0.15, 0.2) is 17.4 Å². The summed E-state index contributed by atoms with van der Waals surface area (Å²) in [6, 6.07) is 8.65. The van der Waals surface area contributed by atoms with Crippen LogP contribution in [-0.2, 0) is 6.61 Å². The molecule has 0 fully saturated rings. The fraction of sp³-hybridized carbons (Fsp3) is 0.0769. The van der Waals surface area contributed by atoms with Crippen LogP contribution in [0.25, 0.3) is 0 Å². The highest BCUT2D eigenvalue weighted by molar-refractivity contribution is 9.10. The Bertz CT molecular complexity index is 532. The molecule has 5 heteroatoms. The highest BCUT2D eigenvalue weighted by Gasteiger charge is 2.13. The van der Waals surface area contributed by atoms with E-state index in [1.165, 1.54) is 0 Å². The van der Waals surface area contributed by atoms with Gasteiger partial charge in [0.2, 0.25) is 0 Å². The molecule has 0 amide bonds. The van der Waals surface area contributed by atoms with Crippen LogP contribution in [0.2, 0.25) is 0 Å². The highest BCUT2D eigenvalue weighted by Crippen LogP contribution is 2.29. The van der Waals surface area contributed by atoms with Crippen LogP contribution < -0.4 is 4.74 Å². The molecule has 2 aromatic carbocycles. The molecule has 0 heterocycles. The van der Waals surface area contributed by atoms with E-state index in [1.807, 2.05) is 0 Å². The Balaban J connectivity index is 2.31. The molecule has 0 unspecified atom stereocenters. The van der Waals surface area contributed by atoms with E-state index in [2.05, 4.69) is 15.9 Å². The SMILES string of the molecule is OCc1cc(F)c(Oc2ccc(Br)cc2)c(F)c1. The van der Waals surface area contributed by atoms with E-state index in [9.17, 15) is 8.78 Å². The Morgan fingerprint density at radius 2 is 1.61 bits per heavy atom. The predicted molar refractivity (Wildman–Crippen MR) is 66.5 cm³/mol. The maximum atomic E-state index is 13.6. The molecule has 0 aliphatic rings. The number of ether oxygens (including phenoxy) is 1. The zero-order chi connectivity index (χ0) is 13.1. The lowest BCUT2D eigenvalue weighted by molar-refractivity contribution is 0.279. The summed E-state index contributed by atoms with van der Waals surface area (Å²) >= 11 is 3.25. The summed E-state index contributed by atoms with van der Waals surface area (Å²) in [5.41, 5.74) is 0.160. The summed E-state index contributed by atoms with van der Waals surface area (Å²) in [6.45, 7) is -0.424. The zero-order valence-electron chi connectivity index (χ0n) is 9.16. The Morgan fingerprint density at radius 3 is 2.11 bits per heavy atom. The van der Waals surface area contributed by atoms with E-state index in [0.717, 1.165) is 16.6 Å². The number of aliphatic hydroxyl groups is 1. The van der Waals surface area contributed by atoms with Crippen molar-refractivity contribution in [1.82, 2.24) is 0 Å². The van der Waals surface area contributed by atoms with E-state index in [0.29, 0.717) is 5.75 Å². The first-order chi connectivity index (χ1) is 8.60. The van der Waals surface area contributed by atoms with Crippen LogP contribution in [0.5, 0.6) is 11.5 Å². The van der Waals surface area contributed by atoms with Crippen molar-refractivity contribution in [3.63, 3.8) is 0 Å². The molecule has 0 saturated carbocycles. The first-order valence-corrected chi connectivity index (χ1v) is 5.91. The van der Waals surface area contributed by atoms with Gasteiger partial charge in [-0.1, -0.05) is 15.9 Å². The molecule has 94 valence electrons. The van der Waals surface area contributed by atoms with Crippen molar-refractivity contribution >= 4 is 15.9 Å². The van der Waals surface area contributed by atoms with Gasteiger partial charge in [-0.15, -0.1) is 0 Å². The fourth-order valence-corrected chi connectivity index (χ4v) is 1.69. The molecule has 0 atom stereocenters. The number of benzene rings is 2. The summed E-state index contributed by atoms with van der Waals surface area (Å²) in [5.74, 6) is -1.84. The molecule has 2 aromatic rings. The first-order valence-electron chi connectivity index (χ1n) is 5.12. The van der Waals surface area contributed by atoms with Gasteiger partial charge in [-0.2, -0.15) is 0 Å². The summed E-state index contributed by atoms with van der Waals surface area (Å²) in [5, 5.41) is 8.82. The summed E-state index contributed by atoms with van der Waals surface area (Å²) in [4.78, 5) is 0.